The van der Waals surface area contributed by atoms with Crippen molar-refractivity contribution in [3.8, 4) is 16.8 Å². The van der Waals surface area contributed by atoms with Crippen molar-refractivity contribution >= 4 is 51.8 Å². The molecule has 13 heteroatoms. The van der Waals surface area contributed by atoms with Crippen LogP contribution in [-0.2, 0) is 12.0 Å². The second-order valence-electron chi connectivity index (χ2n) is 8.71. The van der Waals surface area contributed by atoms with Crippen molar-refractivity contribution in [2.24, 2.45) is 4.99 Å². The van der Waals surface area contributed by atoms with E-state index in [-0.39, 0.29) is 28.6 Å². The summed E-state index contributed by atoms with van der Waals surface area (Å²) in [7, 11) is 0. The summed E-state index contributed by atoms with van der Waals surface area (Å²) in [6, 6.07) is 8.58. The van der Waals surface area contributed by atoms with Gasteiger partial charge in [-0.25, -0.2) is 9.79 Å². The number of hydrogen-bond acceptors (Lipinski definition) is 8. The Morgan fingerprint density at radius 3 is 2.78 bits per heavy atom. The fourth-order valence-corrected chi connectivity index (χ4v) is 6.08. The van der Waals surface area contributed by atoms with Crippen LogP contribution in [0.25, 0.3) is 22.4 Å². The number of hydrogen-bond donors (Lipinski definition) is 2. The maximum absolute atomic E-state index is 13.4. The van der Waals surface area contributed by atoms with Gasteiger partial charge in [0.15, 0.2) is 11.8 Å². The monoisotopic (exact) mass is 554 g/mol. The number of pyridine rings is 1. The van der Waals surface area contributed by atoms with Crippen molar-refractivity contribution in [3.05, 3.63) is 85.3 Å². The number of halogens is 2. The molecular weight excluding hydrogens is 539 g/mol. The van der Waals surface area contributed by atoms with Crippen LogP contribution in [-0.4, -0.2) is 42.1 Å². The first kappa shape index (κ1) is 23.7. The maximum atomic E-state index is 13.4. The average molecular weight is 555 g/mol. The van der Waals surface area contributed by atoms with E-state index in [9.17, 15) is 20.2 Å². The predicted octanol–water partition coefficient (Wildman–Crippen LogP) is 3.96. The quantitative estimate of drug-likeness (QED) is 0.216. The molecule has 0 saturated heterocycles. The average Bonchev–Trinajstić information content (AvgIpc) is 3.66. The van der Waals surface area contributed by atoms with Crippen LogP contribution in [0.3, 0.4) is 0 Å². The lowest BCUT2D eigenvalue weighted by Gasteiger charge is -2.23. The molecule has 1 aliphatic heterocycles. The highest BCUT2D eigenvalue weighted by Gasteiger charge is 2.50. The molecule has 0 amide bonds. The molecule has 1 aliphatic carbocycles. The summed E-state index contributed by atoms with van der Waals surface area (Å²) in [6.45, 7) is 0. The van der Waals surface area contributed by atoms with Gasteiger partial charge in [0, 0.05) is 33.7 Å². The Bertz CT molecular complexity index is 1650. The van der Waals surface area contributed by atoms with Crippen LogP contribution in [0.15, 0.2) is 58.4 Å². The van der Waals surface area contributed by atoms with E-state index < -0.39 is 11.6 Å². The summed E-state index contributed by atoms with van der Waals surface area (Å²) in [5.74, 6) is -1.03. The van der Waals surface area contributed by atoms with Gasteiger partial charge in [-0.05, 0) is 64.5 Å². The summed E-state index contributed by atoms with van der Waals surface area (Å²) in [5, 5.41) is 48.0. The van der Waals surface area contributed by atoms with Gasteiger partial charge in [-0.3, -0.25) is 0 Å². The Morgan fingerprint density at radius 1 is 1.22 bits per heavy atom. The number of rotatable bonds is 5. The van der Waals surface area contributed by atoms with E-state index in [0.717, 1.165) is 11.3 Å². The van der Waals surface area contributed by atoms with Gasteiger partial charge >= 0.3 is 5.97 Å². The molecule has 4 aromatic rings. The lowest BCUT2D eigenvalue weighted by molar-refractivity contribution is -0.619. The van der Waals surface area contributed by atoms with Crippen LogP contribution in [0.2, 0.25) is 5.02 Å². The van der Waals surface area contributed by atoms with E-state index in [1.807, 2.05) is 6.07 Å². The minimum atomic E-state index is -1.61. The second kappa shape index (κ2) is 8.73. The van der Waals surface area contributed by atoms with Gasteiger partial charge in [-0.1, -0.05) is 23.2 Å². The van der Waals surface area contributed by atoms with Gasteiger partial charge in [0.2, 0.25) is 5.69 Å². The zero-order valence-corrected chi connectivity index (χ0v) is 21.1. The van der Waals surface area contributed by atoms with Gasteiger partial charge in [0.25, 0.3) is 0 Å². The molecular formula is C24H16Cl2N6O4S. The number of aromatic nitrogens is 5. The molecule has 0 spiro atoms. The molecule has 2 N–H and O–H groups in total. The fraction of sp³-hybridized carbons (Fsp3) is 0.167. The summed E-state index contributed by atoms with van der Waals surface area (Å²) < 4.78 is 2.15. The minimum absolute atomic E-state index is 0.172. The number of aliphatic imine (C=N–C) groups is 1. The number of tetrazole rings is 1. The molecule has 37 heavy (non-hydrogen) atoms. The molecule has 2 aliphatic rings. The number of nitrogens with zero attached hydrogens (tertiary/aromatic N) is 6. The van der Waals surface area contributed by atoms with Crippen molar-refractivity contribution in [2.45, 2.75) is 24.9 Å². The van der Waals surface area contributed by atoms with Crippen molar-refractivity contribution in [1.82, 2.24) is 20.2 Å². The number of fused-ring (bicyclic) bond motifs is 1. The molecule has 0 bridgehead atoms. The third-order valence-corrected chi connectivity index (χ3v) is 8.05. The predicted molar refractivity (Wildman–Crippen MR) is 137 cm³/mol. The van der Waals surface area contributed by atoms with Gasteiger partial charge in [0.1, 0.15) is 16.4 Å². The summed E-state index contributed by atoms with van der Waals surface area (Å²) in [5.41, 5.74) is 2.74. The van der Waals surface area contributed by atoms with Crippen LogP contribution >= 0.6 is 34.5 Å². The number of carbonyl (C=O) groups is 1. The first-order valence-corrected chi connectivity index (χ1v) is 12.7. The Morgan fingerprint density at radius 2 is 2.05 bits per heavy atom. The number of aromatic carboxylic acids is 1. The molecule has 6 rings (SSSR count). The van der Waals surface area contributed by atoms with Crippen molar-refractivity contribution in [3.63, 3.8) is 0 Å². The summed E-state index contributed by atoms with van der Waals surface area (Å²) in [4.78, 5) is 15.9. The number of aliphatic hydroxyl groups is 1. The highest BCUT2D eigenvalue weighted by molar-refractivity contribution is 7.12. The first-order chi connectivity index (χ1) is 17.7. The van der Waals surface area contributed by atoms with Crippen molar-refractivity contribution < 1.29 is 19.7 Å². The lowest BCUT2D eigenvalue weighted by Crippen LogP contribution is -2.45. The molecule has 1 aromatic carbocycles. The molecule has 10 nitrogen and oxygen atoms in total. The topological polar surface area (TPSA) is 140 Å². The van der Waals surface area contributed by atoms with Crippen LogP contribution in [0.1, 0.15) is 39.3 Å². The molecule has 1 atom stereocenters. The zero-order chi connectivity index (χ0) is 25.9. The first-order valence-electron chi connectivity index (χ1n) is 11.1. The van der Waals surface area contributed by atoms with Gasteiger partial charge in [-0.15, -0.1) is 16.4 Å². The van der Waals surface area contributed by atoms with E-state index in [1.54, 1.807) is 23.6 Å². The van der Waals surface area contributed by atoms with E-state index in [0.29, 0.717) is 55.4 Å². The van der Waals surface area contributed by atoms with E-state index in [2.05, 4.69) is 20.5 Å². The molecule has 3 aromatic heterocycles. The van der Waals surface area contributed by atoms with Crippen LogP contribution in [0.4, 0.5) is 0 Å². The number of allylic oxidation sites excluding steroid dienone is 1. The second-order valence-corrected chi connectivity index (χ2v) is 10.4. The molecule has 186 valence electrons. The number of thiophene rings is 1. The largest absolute Gasteiger partial charge is 0.618 e. The molecule has 4 heterocycles. The van der Waals surface area contributed by atoms with Crippen LogP contribution in [0.5, 0.6) is 0 Å². The van der Waals surface area contributed by atoms with Crippen LogP contribution < -0.4 is 4.73 Å². The summed E-state index contributed by atoms with van der Waals surface area (Å²) >= 11 is 13.8. The third kappa shape index (κ3) is 3.91. The SMILES string of the molecule is O=C(O)c1cc(C2=C(Cl)N=C(C3(O)CCc4cc(-c5cc(Cl)ccc5-n5cnnn5)c[n+]([O-])c43)C2)cs1. The smallest absolute Gasteiger partial charge is 0.345 e. The van der Waals surface area contributed by atoms with Crippen molar-refractivity contribution in [2.75, 3.05) is 0 Å². The molecule has 1 unspecified atom stereocenters. The Kier molecular flexibility index (Phi) is 5.60. The Labute approximate surface area is 223 Å². The Balaban J connectivity index is 1.36. The highest BCUT2D eigenvalue weighted by Crippen LogP contribution is 2.44. The van der Waals surface area contributed by atoms with E-state index in [4.69, 9.17) is 23.2 Å². The number of benzene rings is 1. The zero-order valence-electron chi connectivity index (χ0n) is 18.8. The minimum Gasteiger partial charge on any atom is -0.618 e. The standard InChI is InChI=1S/C24H16Cl2N6O4S/c25-15-1-2-18(31-11-27-29-30-31)16(7-15)13-5-12-3-4-24(35,21(12)32(36)9-13)20-8-17(22(26)28-20)14-6-19(23(33)34)37-10-14/h1-2,5-7,9-11,35H,3-4,8H2,(H,33,34). The lowest BCUT2D eigenvalue weighted by atomic mass is 9.89. The molecule has 0 radical (unpaired) electrons. The van der Waals surface area contributed by atoms with Crippen molar-refractivity contribution in [1.29, 1.82) is 0 Å². The summed E-state index contributed by atoms with van der Waals surface area (Å²) in [6.07, 6.45) is 3.73. The number of aryl methyl sites for hydroxylation is 1. The number of carboxylic acid groups (broad SMARTS) is 1. The van der Waals surface area contributed by atoms with E-state index in [1.165, 1.54) is 23.3 Å². The normalized spacial score (nSPS) is 18.8. The highest BCUT2D eigenvalue weighted by atomic mass is 35.5. The van der Waals surface area contributed by atoms with Crippen LogP contribution in [0, 0.1) is 5.21 Å². The molecule has 0 fully saturated rings. The third-order valence-electron chi connectivity index (χ3n) is 6.59. The van der Waals surface area contributed by atoms with E-state index >= 15 is 0 Å². The Hall–Kier alpha value is -3.64. The fourth-order valence-electron chi connectivity index (χ4n) is 4.87. The maximum Gasteiger partial charge on any atom is 0.345 e. The van der Waals surface area contributed by atoms with Gasteiger partial charge < -0.3 is 15.4 Å². The number of carboxylic acids is 1. The molecule has 0 saturated carbocycles. The van der Waals surface area contributed by atoms with Gasteiger partial charge in [-0.2, -0.15) is 9.41 Å². The van der Waals surface area contributed by atoms with Gasteiger partial charge in [0.05, 0.1) is 11.4 Å².